The molecular weight excluding hydrogens is 282 g/mol. The Morgan fingerprint density at radius 1 is 1.29 bits per heavy atom. The largest absolute Gasteiger partial charge is 0.508 e. The third kappa shape index (κ3) is 4.30. The molecule has 21 heavy (non-hydrogen) atoms. The molecule has 1 aromatic rings. The van der Waals surface area contributed by atoms with Gasteiger partial charge in [-0.15, -0.1) is 0 Å². The second-order valence-corrected chi connectivity index (χ2v) is 6.24. The number of hydrogen-bond donors (Lipinski definition) is 3. The Labute approximate surface area is 131 Å². The molecule has 0 bridgehead atoms. The average Bonchev–Trinajstić information content (AvgIpc) is 2.52. The molecule has 0 saturated carbocycles. The van der Waals surface area contributed by atoms with Crippen LogP contribution < -0.4 is 10.6 Å². The summed E-state index contributed by atoms with van der Waals surface area (Å²) in [6, 6.07) is 3.89. The summed E-state index contributed by atoms with van der Waals surface area (Å²) in [6.07, 6.45) is 6.75. The zero-order valence-electron chi connectivity index (χ0n) is 12.9. The van der Waals surface area contributed by atoms with Crippen molar-refractivity contribution >= 4 is 17.7 Å². The lowest BCUT2D eigenvalue weighted by Crippen LogP contribution is -2.38. The lowest BCUT2D eigenvalue weighted by Gasteiger charge is -2.21. The molecule has 1 aliphatic rings. The standard InChI is InChI=1S/C16H25N3OS/c1-17-16(18-9-10-21-2)19-11-14-13-6-4-3-5-12(13)7-8-15(14)20/h7-8,20H,3-6,9-11H2,1-2H3,(H2,17,18,19). The maximum absolute atomic E-state index is 10.2. The van der Waals surface area contributed by atoms with E-state index in [-0.39, 0.29) is 0 Å². The highest BCUT2D eigenvalue weighted by Gasteiger charge is 2.16. The lowest BCUT2D eigenvalue weighted by atomic mass is 9.88. The van der Waals surface area contributed by atoms with Gasteiger partial charge in [-0.1, -0.05) is 6.07 Å². The first-order valence-electron chi connectivity index (χ1n) is 7.52. The number of phenolic OH excluding ortho intramolecular Hbond substituents is 1. The van der Waals surface area contributed by atoms with Gasteiger partial charge in [0.2, 0.25) is 0 Å². The molecule has 0 atom stereocenters. The van der Waals surface area contributed by atoms with E-state index in [1.807, 2.05) is 6.07 Å². The Balaban J connectivity index is 2.02. The number of rotatable bonds is 5. The Morgan fingerprint density at radius 2 is 2.10 bits per heavy atom. The van der Waals surface area contributed by atoms with Crippen molar-refractivity contribution in [3.8, 4) is 5.75 Å². The topological polar surface area (TPSA) is 56.7 Å². The molecule has 0 aromatic heterocycles. The molecule has 116 valence electrons. The van der Waals surface area contributed by atoms with E-state index in [1.54, 1.807) is 18.8 Å². The van der Waals surface area contributed by atoms with Gasteiger partial charge < -0.3 is 15.7 Å². The van der Waals surface area contributed by atoms with Crippen LogP contribution in [-0.2, 0) is 19.4 Å². The van der Waals surface area contributed by atoms with Crippen molar-refractivity contribution in [1.29, 1.82) is 0 Å². The van der Waals surface area contributed by atoms with Gasteiger partial charge in [0.15, 0.2) is 5.96 Å². The first kappa shape index (κ1) is 16.0. The molecule has 4 nitrogen and oxygen atoms in total. The van der Waals surface area contributed by atoms with Crippen molar-refractivity contribution in [3.05, 3.63) is 28.8 Å². The number of fused-ring (bicyclic) bond motifs is 1. The van der Waals surface area contributed by atoms with Crippen LogP contribution >= 0.6 is 11.8 Å². The van der Waals surface area contributed by atoms with E-state index in [4.69, 9.17) is 0 Å². The number of nitrogens with zero attached hydrogens (tertiary/aromatic N) is 1. The Morgan fingerprint density at radius 3 is 2.86 bits per heavy atom. The molecule has 0 heterocycles. The van der Waals surface area contributed by atoms with E-state index in [0.717, 1.165) is 36.7 Å². The molecule has 0 amide bonds. The second kappa shape index (κ2) is 8.17. The van der Waals surface area contributed by atoms with Crippen LogP contribution in [0, 0.1) is 0 Å². The Kier molecular flexibility index (Phi) is 6.23. The summed E-state index contributed by atoms with van der Waals surface area (Å²) in [7, 11) is 1.77. The number of aryl methyl sites for hydroxylation is 1. The van der Waals surface area contributed by atoms with Gasteiger partial charge in [-0.2, -0.15) is 11.8 Å². The number of hydrogen-bond acceptors (Lipinski definition) is 3. The molecule has 0 radical (unpaired) electrons. The van der Waals surface area contributed by atoms with E-state index >= 15 is 0 Å². The Bertz CT molecular complexity index is 503. The fourth-order valence-corrected chi connectivity index (χ4v) is 3.06. The quantitative estimate of drug-likeness (QED) is 0.444. The zero-order chi connectivity index (χ0) is 15.1. The van der Waals surface area contributed by atoms with Crippen LogP contribution in [0.25, 0.3) is 0 Å². The van der Waals surface area contributed by atoms with Gasteiger partial charge in [-0.25, -0.2) is 0 Å². The van der Waals surface area contributed by atoms with Crippen LogP contribution in [0.15, 0.2) is 17.1 Å². The van der Waals surface area contributed by atoms with E-state index in [1.165, 1.54) is 24.0 Å². The number of aliphatic imine (C=N–C) groups is 1. The van der Waals surface area contributed by atoms with Crippen molar-refractivity contribution in [3.63, 3.8) is 0 Å². The van der Waals surface area contributed by atoms with E-state index < -0.39 is 0 Å². The molecule has 0 spiro atoms. The predicted molar refractivity (Wildman–Crippen MR) is 91.3 cm³/mol. The number of guanidine groups is 1. The minimum atomic E-state index is 0.391. The highest BCUT2D eigenvalue weighted by Crippen LogP contribution is 2.30. The minimum absolute atomic E-state index is 0.391. The summed E-state index contributed by atoms with van der Waals surface area (Å²) >= 11 is 1.80. The smallest absolute Gasteiger partial charge is 0.191 e. The highest BCUT2D eigenvalue weighted by molar-refractivity contribution is 7.98. The monoisotopic (exact) mass is 307 g/mol. The molecule has 1 aromatic carbocycles. The molecule has 0 aliphatic heterocycles. The van der Waals surface area contributed by atoms with Gasteiger partial charge in [0, 0.05) is 31.5 Å². The highest BCUT2D eigenvalue weighted by atomic mass is 32.2. The van der Waals surface area contributed by atoms with Crippen LogP contribution in [-0.4, -0.2) is 36.7 Å². The number of aromatic hydroxyl groups is 1. The normalized spacial score (nSPS) is 14.7. The summed E-state index contributed by atoms with van der Waals surface area (Å²) in [6.45, 7) is 1.51. The van der Waals surface area contributed by atoms with Crippen LogP contribution in [0.3, 0.4) is 0 Å². The molecule has 3 N–H and O–H groups in total. The summed E-state index contributed by atoms with van der Waals surface area (Å²) in [5.74, 6) is 2.23. The van der Waals surface area contributed by atoms with Gasteiger partial charge in [0.05, 0.1) is 0 Å². The van der Waals surface area contributed by atoms with Crippen molar-refractivity contribution in [2.24, 2.45) is 4.99 Å². The molecular formula is C16H25N3OS. The average molecular weight is 307 g/mol. The molecule has 5 heteroatoms. The van der Waals surface area contributed by atoms with Crippen LogP contribution in [0.5, 0.6) is 5.75 Å². The fourth-order valence-electron chi connectivity index (χ4n) is 2.75. The van der Waals surface area contributed by atoms with Crippen LogP contribution in [0.2, 0.25) is 0 Å². The zero-order valence-corrected chi connectivity index (χ0v) is 13.7. The first-order chi connectivity index (χ1) is 10.3. The lowest BCUT2D eigenvalue weighted by molar-refractivity contribution is 0.464. The second-order valence-electron chi connectivity index (χ2n) is 5.25. The molecule has 0 fully saturated rings. The van der Waals surface area contributed by atoms with E-state index in [0.29, 0.717) is 12.3 Å². The summed E-state index contributed by atoms with van der Waals surface area (Å²) in [5.41, 5.74) is 3.74. The molecule has 2 rings (SSSR count). The first-order valence-corrected chi connectivity index (χ1v) is 8.91. The van der Waals surface area contributed by atoms with Gasteiger partial charge in [0.25, 0.3) is 0 Å². The fraction of sp³-hybridized carbons (Fsp3) is 0.562. The molecule has 0 saturated heterocycles. The predicted octanol–water partition coefficient (Wildman–Crippen LogP) is 2.30. The number of benzene rings is 1. The van der Waals surface area contributed by atoms with Crippen molar-refractivity contribution in [2.75, 3.05) is 25.6 Å². The minimum Gasteiger partial charge on any atom is -0.508 e. The number of thioether (sulfide) groups is 1. The molecule has 0 unspecified atom stereocenters. The maximum atomic E-state index is 10.2. The number of phenols is 1. The van der Waals surface area contributed by atoms with Gasteiger partial charge in [-0.3, -0.25) is 4.99 Å². The van der Waals surface area contributed by atoms with E-state index in [9.17, 15) is 5.11 Å². The van der Waals surface area contributed by atoms with E-state index in [2.05, 4.69) is 27.9 Å². The third-order valence-corrected chi connectivity index (χ3v) is 4.49. The third-order valence-electron chi connectivity index (χ3n) is 3.88. The number of nitrogens with one attached hydrogen (secondary N) is 2. The summed E-state index contributed by atoms with van der Waals surface area (Å²) < 4.78 is 0. The maximum Gasteiger partial charge on any atom is 0.191 e. The molecule has 1 aliphatic carbocycles. The van der Waals surface area contributed by atoms with Crippen LogP contribution in [0.4, 0.5) is 0 Å². The van der Waals surface area contributed by atoms with Gasteiger partial charge in [0.1, 0.15) is 5.75 Å². The summed E-state index contributed by atoms with van der Waals surface area (Å²) in [5, 5.41) is 16.7. The van der Waals surface area contributed by atoms with Gasteiger partial charge in [-0.05, 0) is 49.1 Å². The van der Waals surface area contributed by atoms with Gasteiger partial charge >= 0.3 is 0 Å². The van der Waals surface area contributed by atoms with Crippen LogP contribution in [0.1, 0.15) is 29.5 Å². The van der Waals surface area contributed by atoms with Crippen molar-refractivity contribution < 1.29 is 5.11 Å². The Hall–Kier alpha value is -1.36. The SMILES string of the molecule is CN=C(NCCSC)NCc1c(O)ccc2c1CCCC2. The summed E-state index contributed by atoms with van der Waals surface area (Å²) in [4.78, 5) is 4.22. The van der Waals surface area contributed by atoms with Crippen molar-refractivity contribution in [2.45, 2.75) is 32.2 Å². The van der Waals surface area contributed by atoms with Crippen molar-refractivity contribution in [1.82, 2.24) is 10.6 Å².